The molecule has 2 atom stereocenters. The SMILES string of the molecule is CC/C=C/C=C/C=C/C=C/C=C/CCCC(=O)OCC(COCCC(C(=O)[O-])[N+](C)(C)C)OC(=O)CCCCCCCCC/C=C/CCCCCCCCCCCCCC. The fourth-order valence-electron chi connectivity index (χ4n) is 6.74. The highest BCUT2D eigenvalue weighted by atomic mass is 16.6. The molecular weight excluding hydrogens is 751 g/mol. The van der Waals surface area contributed by atoms with Gasteiger partial charge in [-0.1, -0.05) is 189 Å². The number of hydrogen-bond acceptors (Lipinski definition) is 7. The predicted octanol–water partition coefficient (Wildman–Crippen LogP) is 12.2. The molecule has 0 rings (SSSR count). The topological polar surface area (TPSA) is 102 Å². The lowest BCUT2D eigenvalue weighted by Crippen LogP contribution is -2.55. The molecule has 0 aromatic carbocycles. The van der Waals surface area contributed by atoms with Crippen LogP contribution in [0.2, 0.25) is 0 Å². The number of allylic oxidation sites excluding steroid dienone is 12. The van der Waals surface area contributed by atoms with Crippen LogP contribution in [0.4, 0.5) is 0 Å². The largest absolute Gasteiger partial charge is 0.544 e. The maximum atomic E-state index is 12.7. The maximum absolute atomic E-state index is 12.7. The number of carbonyl (C=O) groups is 3. The molecule has 0 aromatic heterocycles. The summed E-state index contributed by atoms with van der Waals surface area (Å²) in [7, 11) is 5.38. The molecule has 60 heavy (non-hydrogen) atoms. The molecule has 0 saturated carbocycles. The molecule has 0 heterocycles. The molecule has 0 radical (unpaired) electrons. The second-order valence-electron chi connectivity index (χ2n) is 17.1. The number of hydrogen-bond donors (Lipinski definition) is 0. The van der Waals surface area contributed by atoms with Crippen LogP contribution in [0.5, 0.6) is 0 Å². The zero-order chi connectivity index (χ0) is 44.2. The Bertz CT molecular complexity index is 1210. The van der Waals surface area contributed by atoms with Gasteiger partial charge in [-0.05, 0) is 51.4 Å². The van der Waals surface area contributed by atoms with E-state index in [-0.39, 0.29) is 49.1 Å². The number of aliphatic carboxylic acids is 1. The normalized spacial score (nSPS) is 13.6. The van der Waals surface area contributed by atoms with Crippen molar-refractivity contribution in [1.29, 1.82) is 0 Å². The summed E-state index contributed by atoms with van der Waals surface area (Å²) in [5.41, 5.74) is 0. The van der Waals surface area contributed by atoms with E-state index < -0.39 is 18.1 Å². The number of rotatable bonds is 42. The summed E-state index contributed by atoms with van der Waals surface area (Å²) < 4.78 is 17.1. The molecule has 0 bridgehead atoms. The molecule has 344 valence electrons. The number of ether oxygens (including phenoxy) is 3. The molecule has 2 unspecified atom stereocenters. The Hall–Kier alpha value is -3.23. The van der Waals surface area contributed by atoms with E-state index in [0.717, 1.165) is 32.1 Å². The summed E-state index contributed by atoms with van der Waals surface area (Å²) in [6.07, 6.45) is 53.8. The fourth-order valence-corrected chi connectivity index (χ4v) is 6.74. The van der Waals surface area contributed by atoms with Crippen molar-refractivity contribution in [3.63, 3.8) is 0 Å². The van der Waals surface area contributed by atoms with Crippen LogP contribution in [0, 0.1) is 0 Å². The van der Waals surface area contributed by atoms with Gasteiger partial charge in [-0.3, -0.25) is 9.59 Å². The number of likely N-dealkylation sites (N-methyl/N-ethyl adjacent to an activating group) is 1. The van der Waals surface area contributed by atoms with Gasteiger partial charge in [0.05, 0.1) is 40.3 Å². The molecule has 0 amide bonds. The van der Waals surface area contributed by atoms with E-state index in [9.17, 15) is 19.5 Å². The van der Waals surface area contributed by atoms with E-state index in [1.54, 1.807) is 21.1 Å². The zero-order valence-corrected chi connectivity index (χ0v) is 39.1. The molecule has 0 fully saturated rings. The smallest absolute Gasteiger partial charge is 0.306 e. The van der Waals surface area contributed by atoms with E-state index in [4.69, 9.17) is 14.2 Å². The van der Waals surface area contributed by atoms with Gasteiger partial charge in [0, 0.05) is 19.3 Å². The Morgan fingerprint density at radius 1 is 0.517 bits per heavy atom. The highest BCUT2D eigenvalue weighted by Crippen LogP contribution is 2.15. The second-order valence-corrected chi connectivity index (χ2v) is 17.1. The van der Waals surface area contributed by atoms with Crippen molar-refractivity contribution in [1.82, 2.24) is 0 Å². The summed E-state index contributed by atoms with van der Waals surface area (Å²) in [4.78, 5) is 36.9. The first-order valence-electron chi connectivity index (χ1n) is 24.0. The lowest BCUT2D eigenvalue weighted by Gasteiger charge is -2.34. The van der Waals surface area contributed by atoms with E-state index in [1.165, 1.54) is 116 Å². The maximum Gasteiger partial charge on any atom is 0.306 e. The van der Waals surface area contributed by atoms with Crippen LogP contribution in [-0.4, -0.2) is 75.5 Å². The minimum atomic E-state index is -1.14. The Labute approximate surface area is 368 Å². The van der Waals surface area contributed by atoms with Crippen LogP contribution in [-0.2, 0) is 28.6 Å². The van der Waals surface area contributed by atoms with Crippen LogP contribution in [0.25, 0.3) is 0 Å². The van der Waals surface area contributed by atoms with Crippen molar-refractivity contribution in [2.24, 2.45) is 0 Å². The summed E-state index contributed by atoms with van der Waals surface area (Å²) in [6, 6.07) is -0.740. The van der Waals surface area contributed by atoms with Crippen LogP contribution in [0.1, 0.15) is 187 Å². The molecule has 0 N–H and O–H groups in total. The number of carboxylic acid groups (broad SMARTS) is 1. The standard InChI is InChI=1S/C52H89NO7/c1-6-8-10-12-14-16-18-20-21-22-23-24-25-26-27-28-29-31-33-35-37-39-41-43-51(55)60-48(46-58-45-44-49(52(56)57)53(3,4)5)47-59-50(54)42-40-38-36-34-32-30-19-17-15-13-11-9-7-2/h9,11,13,15,17,19,26-27,30,32,34,36,48-49H,6-8,10,12,14,16,18,20-25,28-29,31,33,35,37-47H2,1-5H3/b11-9+,15-13+,19-17+,27-26+,32-30+,36-34+. The Kier molecular flexibility index (Phi) is 40.2. The summed E-state index contributed by atoms with van der Waals surface area (Å²) in [5, 5.41) is 11.6. The summed E-state index contributed by atoms with van der Waals surface area (Å²) in [5.74, 6) is -1.84. The van der Waals surface area contributed by atoms with Gasteiger partial charge >= 0.3 is 11.9 Å². The molecule has 8 nitrogen and oxygen atoms in total. The van der Waals surface area contributed by atoms with Gasteiger partial charge in [-0.2, -0.15) is 0 Å². The first-order chi connectivity index (χ1) is 29.1. The van der Waals surface area contributed by atoms with Gasteiger partial charge in [0.2, 0.25) is 0 Å². The fraction of sp³-hybridized carbons (Fsp3) is 0.712. The molecule has 0 aliphatic heterocycles. The van der Waals surface area contributed by atoms with Crippen molar-refractivity contribution >= 4 is 17.9 Å². The second kappa shape index (κ2) is 42.5. The third-order valence-electron chi connectivity index (χ3n) is 10.5. The number of carbonyl (C=O) groups excluding carboxylic acids is 3. The molecule has 0 aliphatic rings. The van der Waals surface area contributed by atoms with Gasteiger partial charge in [0.25, 0.3) is 0 Å². The Morgan fingerprint density at radius 2 is 0.967 bits per heavy atom. The van der Waals surface area contributed by atoms with E-state index in [2.05, 4.69) is 32.1 Å². The van der Waals surface area contributed by atoms with Crippen molar-refractivity contribution in [2.75, 3.05) is 41.0 Å². The third kappa shape index (κ3) is 40.2. The van der Waals surface area contributed by atoms with Crippen LogP contribution < -0.4 is 5.11 Å². The number of esters is 2. The lowest BCUT2D eigenvalue weighted by atomic mass is 10.0. The predicted molar refractivity (Wildman–Crippen MR) is 249 cm³/mol. The van der Waals surface area contributed by atoms with Gasteiger partial charge in [0.15, 0.2) is 6.10 Å². The van der Waals surface area contributed by atoms with Gasteiger partial charge in [0.1, 0.15) is 12.6 Å². The summed E-state index contributed by atoms with van der Waals surface area (Å²) in [6.45, 7) is 4.44. The Morgan fingerprint density at radius 3 is 1.47 bits per heavy atom. The number of unbranched alkanes of at least 4 members (excludes halogenated alkanes) is 20. The molecule has 0 aliphatic carbocycles. The average Bonchev–Trinajstić information content (AvgIpc) is 3.21. The molecular formula is C52H89NO7. The molecule has 0 aromatic rings. The van der Waals surface area contributed by atoms with E-state index in [1.807, 2.05) is 54.7 Å². The Balaban J connectivity index is 4.31. The van der Waals surface area contributed by atoms with Crippen molar-refractivity contribution in [2.45, 2.75) is 199 Å². The van der Waals surface area contributed by atoms with Gasteiger partial charge < -0.3 is 28.6 Å². The zero-order valence-electron chi connectivity index (χ0n) is 39.1. The first-order valence-corrected chi connectivity index (χ1v) is 24.0. The molecule has 0 spiro atoms. The highest BCUT2D eigenvalue weighted by molar-refractivity contribution is 5.70. The number of carboxylic acids is 1. The van der Waals surface area contributed by atoms with Gasteiger partial charge in [-0.15, -0.1) is 0 Å². The average molecular weight is 840 g/mol. The minimum Gasteiger partial charge on any atom is -0.544 e. The quantitative estimate of drug-likeness (QED) is 0.0198. The lowest BCUT2D eigenvalue weighted by molar-refractivity contribution is -0.889. The van der Waals surface area contributed by atoms with Gasteiger partial charge in [-0.25, -0.2) is 0 Å². The van der Waals surface area contributed by atoms with Crippen LogP contribution >= 0.6 is 0 Å². The number of quaternary nitrogens is 1. The monoisotopic (exact) mass is 840 g/mol. The van der Waals surface area contributed by atoms with Crippen molar-refractivity contribution in [3.05, 3.63) is 72.9 Å². The number of nitrogens with zero attached hydrogens (tertiary/aromatic N) is 1. The van der Waals surface area contributed by atoms with E-state index >= 15 is 0 Å². The van der Waals surface area contributed by atoms with Crippen LogP contribution in [0.3, 0.4) is 0 Å². The molecule has 0 saturated heterocycles. The summed E-state index contributed by atoms with van der Waals surface area (Å²) >= 11 is 0. The van der Waals surface area contributed by atoms with Crippen LogP contribution in [0.15, 0.2) is 72.9 Å². The molecule has 8 heteroatoms. The van der Waals surface area contributed by atoms with E-state index in [0.29, 0.717) is 12.8 Å². The first kappa shape index (κ1) is 56.8. The highest BCUT2D eigenvalue weighted by Gasteiger charge is 2.25. The van der Waals surface area contributed by atoms with Crippen molar-refractivity contribution < 1.29 is 38.2 Å². The van der Waals surface area contributed by atoms with Crippen molar-refractivity contribution in [3.8, 4) is 0 Å². The minimum absolute atomic E-state index is 0.0132. The third-order valence-corrected chi connectivity index (χ3v) is 10.5.